The minimum atomic E-state index is -0.702. The van der Waals surface area contributed by atoms with Crippen LogP contribution < -0.4 is 16.0 Å². The number of aromatic amines is 1. The number of rotatable bonds is 10. The van der Waals surface area contributed by atoms with Crippen molar-refractivity contribution in [1.82, 2.24) is 25.9 Å². The van der Waals surface area contributed by atoms with Gasteiger partial charge in [-0.3, -0.25) is 14.4 Å². The maximum absolute atomic E-state index is 12.6. The van der Waals surface area contributed by atoms with Gasteiger partial charge in [-0.15, -0.1) is 0 Å². The van der Waals surface area contributed by atoms with Crippen LogP contribution in [0.3, 0.4) is 0 Å². The van der Waals surface area contributed by atoms with Crippen LogP contribution in [0.4, 0.5) is 0 Å². The van der Waals surface area contributed by atoms with Crippen LogP contribution in [-0.2, 0) is 27.3 Å². The number of hydrogen-bond acceptors (Lipinski definition) is 4. The Hall–Kier alpha value is -3.68. The molecule has 0 fully saturated rings. The highest BCUT2D eigenvalue weighted by Crippen LogP contribution is 2.08. The third kappa shape index (κ3) is 8.14. The minimum absolute atomic E-state index is 0.177. The van der Waals surface area contributed by atoms with Crippen LogP contribution in [-0.4, -0.2) is 40.3 Å². The predicted molar refractivity (Wildman–Crippen MR) is 115 cm³/mol. The first-order valence-corrected chi connectivity index (χ1v) is 9.66. The Kier molecular flexibility index (Phi) is 9.05. The summed E-state index contributed by atoms with van der Waals surface area (Å²) in [5.74, 6) is -0.748. The molecule has 1 aromatic carbocycles. The Bertz CT molecular complexity index is 903. The first kappa shape index (κ1) is 22.6. The molecule has 0 aliphatic rings. The third-order valence-corrected chi connectivity index (χ3v) is 4.15. The lowest BCUT2D eigenvalue weighted by atomic mass is 10.1. The van der Waals surface area contributed by atoms with Crippen LogP contribution in [0.25, 0.3) is 6.08 Å². The lowest BCUT2D eigenvalue weighted by Gasteiger charge is -2.17. The van der Waals surface area contributed by atoms with Gasteiger partial charge < -0.3 is 20.9 Å². The highest BCUT2D eigenvalue weighted by atomic mass is 16.2. The molecule has 8 nitrogen and oxygen atoms in total. The summed E-state index contributed by atoms with van der Waals surface area (Å²) in [6.07, 6.45) is 10.4. The zero-order valence-corrected chi connectivity index (χ0v) is 17.1. The van der Waals surface area contributed by atoms with Gasteiger partial charge in [0.15, 0.2) is 0 Å². The van der Waals surface area contributed by atoms with Crippen LogP contribution in [0.1, 0.15) is 30.7 Å². The van der Waals surface area contributed by atoms with Crippen molar-refractivity contribution in [3.63, 3.8) is 0 Å². The fourth-order valence-corrected chi connectivity index (χ4v) is 2.70. The maximum Gasteiger partial charge on any atom is 0.244 e. The first-order valence-electron chi connectivity index (χ1n) is 9.66. The molecule has 158 valence electrons. The summed E-state index contributed by atoms with van der Waals surface area (Å²) in [6.45, 7) is 4.05. The Morgan fingerprint density at radius 1 is 1.23 bits per heavy atom. The van der Waals surface area contributed by atoms with E-state index in [9.17, 15) is 14.4 Å². The van der Waals surface area contributed by atoms with E-state index in [-0.39, 0.29) is 17.7 Å². The molecule has 1 atom stereocenters. The number of imidazole rings is 1. The molecule has 2 rings (SSSR count). The first-order chi connectivity index (χ1) is 14.5. The molecular formula is C22H27N5O3. The molecule has 0 aliphatic carbocycles. The number of aromatic nitrogens is 2. The average molecular weight is 409 g/mol. The minimum Gasteiger partial charge on any atom is -0.350 e. The van der Waals surface area contributed by atoms with E-state index in [0.29, 0.717) is 19.5 Å². The molecule has 0 saturated carbocycles. The second kappa shape index (κ2) is 12.0. The van der Waals surface area contributed by atoms with E-state index in [0.717, 1.165) is 16.8 Å². The summed E-state index contributed by atoms with van der Waals surface area (Å²) >= 11 is 0. The molecule has 4 N–H and O–H groups in total. The molecule has 2 aromatic rings. The van der Waals surface area contributed by atoms with E-state index in [1.165, 1.54) is 19.3 Å². The van der Waals surface area contributed by atoms with Crippen molar-refractivity contribution in [1.29, 1.82) is 0 Å². The van der Waals surface area contributed by atoms with Crippen molar-refractivity contribution >= 4 is 23.8 Å². The van der Waals surface area contributed by atoms with E-state index in [2.05, 4.69) is 25.9 Å². The summed E-state index contributed by atoms with van der Waals surface area (Å²) in [5, 5.41) is 8.25. The van der Waals surface area contributed by atoms with E-state index in [4.69, 9.17) is 0 Å². The topological polar surface area (TPSA) is 116 Å². The number of nitrogens with one attached hydrogen (secondary N) is 4. The zero-order valence-electron chi connectivity index (χ0n) is 17.1. The van der Waals surface area contributed by atoms with Gasteiger partial charge in [0.25, 0.3) is 0 Å². The van der Waals surface area contributed by atoms with Crippen LogP contribution in [0.2, 0.25) is 0 Å². The lowest BCUT2D eigenvalue weighted by Crippen LogP contribution is -2.47. The largest absolute Gasteiger partial charge is 0.350 e. The normalized spacial score (nSPS) is 12.1. The third-order valence-electron chi connectivity index (χ3n) is 4.15. The molecule has 0 saturated heterocycles. The van der Waals surface area contributed by atoms with Gasteiger partial charge in [-0.25, -0.2) is 4.98 Å². The molecule has 8 heteroatoms. The zero-order chi connectivity index (χ0) is 21.8. The SMILES string of the molecule is C/C=C/CNC(=O)/C=C/c1cccc(CNC(=O)C(Cc2cnc[nH]2)NC(C)=O)c1. The van der Waals surface area contributed by atoms with E-state index in [1.807, 2.05) is 43.3 Å². The fourth-order valence-electron chi connectivity index (χ4n) is 2.70. The highest BCUT2D eigenvalue weighted by Gasteiger charge is 2.20. The summed E-state index contributed by atoms with van der Waals surface area (Å²) in [4.78, 5) is 42.6. The van der Waals surface area contributed by atoms with Gasteiger partial charge >= 0.3 is 0 Å². The standard InChI is InChI=1S/C22H27N5O3/c1-3-4-10-24-21(29)9-8-17-6-5-7-18(11-17)13-25-22(30)20(27-16(2)28)12-19-14-23-15-26-19/h3-9,11,14-15,20H,10,12-13H2,1-2H3,(H,23,26)(H,24,29)(H,25,30)(H,27,28)/b4-3+,9-8+. The second-order valence-corrected chi connectivity index (χ2v) is 6.64. The predicted octanol–water partition coefficient (Wildman–Crippen LogP) is 1.48. The average Bonchev–Trinajstić information content (AvgIpc) is 3.23. The summed E-state index contributed by atoms with van der Waals surface area (Å²) in [7, 11) is 0. The molecule has 30 heavy (non-hydrogen) atoms. The smallest absolute Gasteiger partial charge is 0.244 e. The molecule has 0 aliphatic heterocycles. The van der Waals surface area contributed by atoms with Crippen LogP contribution >= 0.6 is 0 Å². The highest BCUT2D eigenvalue weighted by molar-refractivity contribution is 5.91. The van der Waals surface area contributed by atoms with Crippen LogP contribution in [0.15, 0.2) is 55.0 Å². The summed E-state index contributed by atoms with van der Waals surface area (Å²) in [5.41, 5.74) is 2.48. The van der Waals surface area contributed by atoms with Gasteiger partial charge in [-0.1, -0.05) is 30.4 Å². The summed E-state index contributed by atoms with van der Waals surface area (Å²) < 4.78 is 0. The van der Waals surface area contributed by atoms with Gasteiger partial charge in [-0.05, 0) is 30.2 Å². The molecule has 1 aromatic heterocycles. The number of benzene rings is 1. The molecule has 0 radical (unpaired) electrons. The number of hydrogen-bond donors (Lipinski definition) is 4. The molecule has 0 bridgehead atoms. The number of allylic oxidation sites excluding steroid dienone is 1. The molecular weight excluding hydrogens is 382 g/mol. The molecule has 0 spiro atoms. The van der Waals surface area contributed by atoms with Gasteiger partial charge in [-0.2, -0.15) is 0 Å². The number of H-pyrrole nitrogens is 1. The van der Waals surface area contributed by atoms with Gasteiger partial charge in [0.05, 0.1) is 6.33 Å². The van der Waals surface area contributed by atoms with Crippen molar-refractivity contribution in [2.45, 2.75) is 32.9 Å². The van der Waals surface area contributed by atoms with Crippen molar-refractivity contribution < 1.29 is 14.4 Å². The van der Waals surface area contributed by atoms with E-state index in [1.54, 1.807) is 12.3 Å². The Morgan fingerprint density at radius 2 is 2.07 bits per heavy atom. The fraction of sp³-hybridized carbons (Fsp3) is 0.273. The second-order valence-electron chi connectivity index (χ2n) is 6.64. The van der Waals surface area contributed by atoms with Crippen LogP contribution in [0.5, 0.6) is 0 Å². The number of nitrogens with zero attached hydrogens (tertiary/aromatic N) is 1. The van der Waals surface area contributed by atoms with Crippen molar-refractivity contribution in [3.8, 4) is 0 Å². The van der Waals surface area contributed by atoms with Crippen molar-refractivity contribution in [2.75, 3.05) is 6.54 Å². The van der Waals surface area contributed by atoms with E-state index < -0.39 is 6.04 Å². The molecule has 1 unspecified atom stereocenters. The Labute approximate surface area is 175 Å². The number of carbonyl (C=O) groups is 3. The number of amides is 3. The lowest BCUT2D eigenvalue weighted by molar-refractivity contribution is -0.128. The van der Waals surface area contributed by atoms with Gasteiger partial charge in [0, 0.05) is 44.4 Å². The van der Waals surface area contributed by atoms with Gasteiger partial charge in [0.1, 0.15) is 6.04 Å². The summed E-state index contributed by atoms with van der Waals surface area (Å²) in [6, 6.07) is 6.80. The van der Waals surface area contributed by atoms with Crippen molar-refractivity contribution in [2.24, 2.45) is 0 Å². The van der Waals surface area contributed by atoms with Gasteiger partial charge in [0.2, 0.25) is 17.7 Å². The monoisotopic (exact) mass is 409 g/mol. The maximum atomic E-state index is 12.6. The molecule has 1 heterocycles. The Morgan fingerprint density at radius 3 is 2.77 bits per heavy atom. The quantitative estimate of drug-likeness (QED) is 0.351. The molecule has 3 amide bonds. The number of carbonyl (C=O) groups excluding carboxylic acids is 3. The van der Waals surface area contributed by atoms with Crippen LogP contribution in [0, 0.1) is 0 Å². The van der Waals surface area contributed by atoms with Crippen molar-refractivity contribution in [3.05, 3.63) is 71.8 Å². The Balaban J connectivity index is 1.93. The van der Waals surface area contributed by atoms with E-state index >= 15 is 0 Å².